The number of aryl methyl sites for hydroxylation is 2. The highest BCUT2D eigenvalue weighted by atomic mass is 16.3. The quantitative estimate of drug-likeness (QED) is 0.850. The van der Waals surface area contributed by atoms with Crippen LogP contribution in [0.15, 0.2) is 42.5 Å². The van der Waals surface area contributed by atoms with Crippen molar-refractivity contribution in [2.24, 2.45) is 5.41 Å². The molecule has 4 heteroatoms. The number of carbonyl (C=O) groups excluding carboxylic acids is 2. The van der Waals surface area contributed by atoms with Crippen LogP contribution >= 0.6 is 0 Å². The first-order valence-corrected chi connectivity index (χ1v) is 9.61. The molecule has 0 aromatic heterocycles. The molecule has 1 fully saturated rings. The molecule has 0 unspecified atom stereocenters. The maximum Gasteiger partial charge on any atom is 0.229 e. The van der Waals surface area contributed by atoms with Crippen molar-refractivity contribution in [2.45, 2.75) is 39.2 Å². The van der Waals surface area contributed by atoms with Crippen molar-refractivity contribution in [3.8, 4) is 0 Å². The van der Waals surface area contributed by atoms with Gasteiger partial charge in [0.2, 0.25) is 5.91 Å². The minimum atomic E-state index is -0.479. The Morgan fingerprint density at radius 1 is 1.15 bits per heavy atom. The summed E-state index contributed by atoms with van der Waals surface area (Å²) < 4.78 is 0. The van der Waals surface area contributed by atoms with Crippen LogP contribution < -0.4 is 0 Å². The molecule has 0 bridgehead atoms. The fourth-order valence-corrected chi connectivity index (χ4v) is 4.60. The van der Waals surface area contributed by atoms with Gasteiger partial charge in [-0.05, 0) is 55.4 Å². The van der Waals surface area contributed by atoms with Crippen LogP contribution in [0.3, 0.4) is 0 Å². The van der Waals surface area contributed by atoms with E-state index in [0.717, 1.165) is 31.4 Å². The van der Waals surface area contributed by atoms with E-state index in [1.54, 1.807) is 6.07 Å². The van der Waals surface area contributed by atoms with Crippen molar-refractivity contribution in [1.82, 2.24) is 4.90 Å². The Morgan fingerprint density at radius 2 is 2.00 bits per heavy atom. The number of aliphatic hydroxyl groups is 1. The van der Waals surface area contributed by atoms with Crippen molar-refractivity contribution >= 4 is 11.7 Å². The molecule has 4 nitrogen and oxygen atoms in total. The number of Topliss-reactive ketones (excluding diaryl/α,β-unsaturated/α-hetero) is 1. The molecule has 4 rings (SSSR count). The number of aliphatic hydroxyl groups excluding tert-OH is 1. The average molecular weight is 363 g/mol. The monoisotopic (exact) mass is 363 g/mol. The summed E-state index contributed by atoms with van der Waals surface area (Å²) in [6.07, 6.45) is 3.30. The van der Waals surface area contributed by atoms with Gasteiger partial charge in [0.1, 0.15) is 6.61 Å². The zero-order chi connectivity index (χ0) is 19.0. The van der Waals surface area contributed by atoms with E-state index in [2.05, 4.69) is 25.1 Å². The first-order chi connectivity index (χ1) is 13.0. The van der Waals surface area contributed by atoms with Gasteiger partial charge in [0.05, 0.1) is 5.41 Å². The maximum absolute atomic E-state index is 13.3. The second-order valence-corrected chi connectivity index (χ2v) is 7.99. The number of amides is 1. The normalized spacial score (nSPS) is 21.6. The highest BCUT2D eigenvalue weighted by molar-refractivity contribution is 5.97. The number of fused-ring (bicyclic) bond motifs is 1. The van der Waals surface area contributed by atoms with Gasteiger partial charge in [-0.2, -0.15) is 0 Å². The van der Waals surface area contributed by atoms with Crippen molar-refractivity contribution in [1.29, 1.82) is 0 Å². The standard InChI is InChI=1S/C23H25NO3/c1-16-3-2-4-17(11-16)14-24-10-9-23(22(24)27)8-7-18-5-6-19(21(26)15-25)12-20(18)13-23/h2-6,11-12,25H,7-10,13-15H2,1H3/t23-/m1/s1. The summed E-state index contributed by atoms with van der Waals surface area (Å²) in [5.41, 5.74) is 4.90. The largest absolute Gasteiger partial charge is 0.388 e. The number of nitrogens with zero attached hydrogens (tertiary/aromatic N) is 1. The van der Waals surface area contributed by atoms with Crippen LogP contribution in [0.4, 0.5) is 0 Å². The molecule has 1 aliphatic heterocycles. The molecular weight excluding hydrogens is 338 g/mol. The van der Waals surface area contributed by atoms with Gasteiger partial charge >= 0.3 is 0 Å². The molecular formula is C23H25NO3. The lowest BCUT2D eigenvalue weighted by molar-refractivity contribution is -0.137. The lowest BCUT2D eigenvalue weighted by atomic mass is 9.70. The lowest BCUT2D eigenvalue weighted by Crippen LogP contribution is -2.38. The van der Waals surface area contributed by atoms with E-state index in [4.69, 9.17) is 5.11 Å². The third kappa shape index (κ3) is 3.30. The molecule has 27 heavy (non-hydrogen) atoms. The van der Waals surface area contributed by atoms with Gasteiger partial charge in [-0.3, -0.25) is 9.59 Å². The van der Waals surface area contributed by atoms with E-state index in [0.29, 0.717) is 18.5 Å². The Kier molecular flexibility index (Phi) is 4.60. The number of benzene rings is 2. The summed E-state index contributed by atoms with van der Waals surface area (Å²) in [7, 11) is 0. The topological polar surface area (TPSA) is 57.6 Å². The van der Waals surface area contributed by atoms with E-state index < -0.39 is 6.61 Å². The molecule has 1 heterocycles. The van der Waals surface area contributed by atoms with Gasteiger partial charge in [-0.25, -0.2) is 0 Å². The summed E-state index contributed by atoms with van der Waals surface area (Å²) in [5, 5.41) is 9.12. The van der Waals surface area contributed by atoms with E-state index in [9.17, 15) is 9.59 Å². The van der Waals surface area contributed by atoms with Gasteiger partial charge in [-0.1, -0.05) is 42.0 Å². The molecule has 140 valence electrons. The Balaban J connectivity index is 1.55. The van der Waals surface area contributed by atoms with Gasteiger partial charge in [0.15, 0.2) is 5.78 Å². The predicted molar refractivity (Wildman–Crippen MR) is 104 cm³/mol. The third-order valence-corrected chi connectivity index (χ3v) is 6.13. The fourth-order valence-electron chi connectivity index (χ4n) is 4.60. The van der Waals surface area contributed by atoms with Crippen LogP contribution in [0.5, 0.6) is 0 Å². The Bertz CT molecular complexity index is 904. The summed E-state index contributed by atoms with van der Waals surface area (Å²) in [6.45, 7) is 3.04. The molecule has 1 amide bonds. The second-order valence-electron chi connectivity index (χ2n) is 7.99. The molecule has 1 saturated heterocycles. The van der Waals surface area contributed by atoms with Crippen LogP contribution in [0.2, 0.25) is 0 Å². The predicted octanol–water partition coefficient (Wildman–Crippen LogP) is 3.08. The number of ketones is 1. The Hall–Kier alpha value is -2.46. The van der Waals surface area contributed by atoms with Crippen LogP contribution in [0.1, 0.15) is 45.5 Å². The van der Waals surface area contributed by atoms with Crippen LogP contribution in [0, 0.1) is 12.3 Å². The summed E-state index contributed by atoms with van der Waals surface area (Å²) in [4.78, 5) is 27.1. The lowest BCUT2D eigenvalue weighted by Gasteiger charge is -2.33. The van der Waals surface area contributed by atoms with Gasteiger partial charge < -0.3 is 10.0 Å². The first-order valence-electron chi connectivity index (χ1n) is 9.61. The average Bonchev–Trinajstić information content (AvgIpc) is 2.96. The van der Waals surface area contributed by atoms with Crippen molar-refractivity contribution in [3.05, 3.63) is 70.3 Å². The van der Waals surface area contributed by atoms with Gasteiger partial charge in [0, 0.05) is 18.7 Å². The van der Waals surface area contributed by atoms with Gasteiger partial charge in [-0.15, -0.1) is 0 Å². The highest BCUT2D eigenvalue weighted by Crippen LogP contribution is 2.44. The first kappa shape index (κ1) is 17.9. The van der Waals surface area contributed by atoms with E-state index in [-0.39, 0.29) is 17.1 Å². The molecule has 1 atom stereocenters. The number of hydrogen-bond donors (Lipinski definition) is 1. The maximum atomic E-state index is 13.3. The molecule has 0 saturated carbocycles. The molecule has 2 aromatic rings. The van der Waals surface area contributed by atoms with Crippen LogP contribution in [-0.2, 0) is 24.2 Å². The number of rotatable bonds is 4. The van der Waals surface area contributed by atoms with Crippen LogP contribution in [-0.4, -0.2) is 34.8 Å². The molecule has 2 aliphatic rings. The molecule has 1 N–H and O–H groups in total. The molecule has 1 spiro atoms. The minimum absolute atomic E-state index is 0.244. The third-order valence-electron chi connectivity index (χ3n) is 6.13. The van der Waals surface area contributed by atoms with Crippen molar-refractivity contribution in [3.63, 3.8) is 0 Å². The Labute approximate surface area is 159 Å². The summed E-state index contributed by atoms with van der Waals surface area (Å²) in [6, 6.07) is 14.0. The smallest absolute Gasteiger partial charge is 0.229 e. The molecule has 2 aromatic carbocycles. The number of likely N-dealkylation sites (tertiary alicyclic amines) is 1. The minimum Gasteiger partial charge on any atom is -0.388 e. The highest BCUT2D eigenvalue weighted by Gasteiger charge is 2.47. The number of hydrogen-bond acceptors (Lipinski definition) is 3. The summed E-state index contributed by atoms with van der Waals surface area (Å²) in [5.74, 6) is -0.0233. The molecule has 0 radical (unpaired) electrons. The SMILES string of the molecule is Cc1cccc(CN2CC[C@@]3(CCc4ccc(C(=O)CO)cc4C3)C2=O)c1. The second kappa shape index (κ2) is 6.93. The summed E-state index contributed by atoms with van der Waals surface area (Å²) >= 11 is 0. The Morgan fingerprint density at radius 3 is 2.78 bits per heavy atom. The van der Waals surface area contributed by atoms with Gasteiger partial charge in [0.25, 0.3) is 0 Å². The van der Waals surface area contributed by atoms with Crippen molar-refractivity contribution < 1.29 is 14.7 Å². The van der Waals surface area contributed by atoms with E-state index in [1.807, 2.05) is 23.1 Å². The van der Waals surface area contributed by atoms with Crippen molar-refractivity contribution in [2.75, 3.05) is 13.2 Å². The van der Waals surface area contributed by atoms with E-state index >= 15 is 0 Å². The zero-order valence-corrected chi connectivity index (χ0v) is 15.7. The zero-order valence-electron chi connectivity index (χ0n) is 15.7. The van der Waals surface area contributed by atoms with Crippen LogP contribution in [0.25, 0.3) is 0 Å². The fraction of sp³-hybridized carbons (Fsp3) is 0.391. The molecule has 1 aliphatic carbocycles. The number of carbonyl (C=O) groups is 2. The van der Waals surface area contributed by atoms with E-state index in [1.165, 1.54) is 16.7 Å².